The summed E-state index contributed by atoms with van der Waals surface area (Å²) in [5.74, 6) is 0.0480. The number of nitrogens with one attached hydrogen (secondary N) is 1. The van der Waals surface area contributed by atoms with E-state index in [2.05, 4.69) is 20.4 Å². The molecule has 0 atom stereocenters. The van der Waals surface area contributed by atoms with Crippen molar-refractivity contribution in [2.24, 2.45) is 0 Å². The number of rotatable bonds is 6. The lowest BCUT2D eigenvalue weighted by atomic mass is 10.0. The quantitative estimate of drug-likeness (QED) is 0.874. The van der Waals surface area contributed by atoms with Crippen molar-refractivity contribution in [1.29, 1.82) is 0 Å². The van der Waals surface area contributed by atoms with Crippen molar-refractivity contribution in [3.8, 4) is 0 Å². The maximum Gasteiger partial charge on any atom is 0.221 e. The summed E-state index contributed by atoms with van der Waals surface area (Å²) >= 11 is 1.81. The molecule has 1 aliphatic rings. The van der Waals surface area contributed by atoms with Gasteiger partial charge in [-0.1, -0.05) is 0 Å². The fourth-order valence-electron chi connectivity index (χ4n) is 2.47. The van der Waals surface area contributed by atoms with Gasteiger partial charge in [-0.25, -0.2) is 9.97 Å². The van der Waals surface area contributed by atoms with E-state index < -0.39 is 0 Å². The first-order chi connectivity index (χ1) is 10.3. The van der Waals surface area contributed by atoms with Crippen LogP contribution in [-0.2, 0) is 30.6 Å². The molecule has 6 nitrogen and oxygen atoms in total. The molecule has 21 heavy (non-hydrogen) atoms. The van der Waals surface area contributed by atoms with Crippen LogP contribution in [-0.4, -0.2) is 32.2 Å². The van der Waals surface area contributed by atoms with Crippen LogP contribution in [0.25, 0.3) is 0 Å². The first-order valence-electron chi connectivity index (χ1n) is 7.38. The van der Waals surface area contributed by atoms with Crippen molar-refractivity contribution in [2.75, 3.05) is 6.54 Å². The van der Waals surface area contributed by atoms with Gasteiger partial charge >= 0.3 is 0 Å². The molecular formula is C14H19N5OS. The Hall–Kier alpha value is -1.76. The van der Waals surface area contributed by atoms with Gasteiger partial charge in [0.1, 0.15) is 12.7 Å². The molecule has 1 amide bonds. The van der Waals surface area contributed by atoms with Crippen LogP contribution in [0.5, 0.6) is 0 Å². The number of thiazole rings is 1. The second-order valence-corrected chi connectivity index (χ2v) is 6.36. The number of amides is 1. The zero-order valence-corrected chi connectivity index (χ0v) is 12.7. The Balaban J connectivity index is 1.39. The van der Waals surface area contributed by atoms with E-state index in [-0.39, 0.29) is 5.91 Å². The summed E-state index contributed by atoms with van der Waals surface area (Å²) in [6.45, 7) is 1.22. The molecule has 0 fully saturated rings. The van der Waals surface area contributed by atoms with Gasteiger partial charge in [0.05, 0.1) is 17.2 Å². The van der Waals surface area contributed by atoms with Crippen molar-refractivity contribution >= 4 is 17.2 Å². The molecule has 0 bridgehead atoms. The fourth-order valence-corrected chi connectivity index (χ4v) is 3.63. The summed E-state index contributed by atoms with van der Waals surface area (Å²) < 4.78 is 1.66. The predicted molar refractivity (Wildman–Crippen MR) is 80.1 cm³/mol. The van der Waals surface area contributed by atoms with E-state index in [9.17, 15) is 4.79 Å². The van der Waals surface area contributed by atoms with Crippen LogP contribution in [0.1, 0.15) is 34.8 Å². The number of hydrogen-bond acceptors (Lipinski definition) is 5. The molecule has 0 saturated carbocycles. The van der Waals surface area contributed by atoms with E-state index in [4.69, 9.17) is 0 Å². The molecule has 2 aromatic heterocycles. The highest BCUT2D eigenvalue weighted by molar-refractivity contribution is 7.11. The molecular weight excluding hydrogens is 286 g/mol. The van der Waals surface area contributed by atoms with E-state index in [0.717, 1.165) is 17.8 Å². The zero-order chi connectivity index (χ0) is 14.5. The van der Waals surface area contributed by atoms with Crippen molar-refractivity contribution in [2.45, 2.75) is 45.1 Å². The maximum absolute atomic E-state index is 11.7. The summed E-state index contributed by atoms with van der Waals surface area (Å²) in [7, 11) is 0. The maximum atomic E-state index is 11.7. The van der Waals surface area contributed by atoms with E-state index in [1.54, 1.807) is 11.0 Å². The van der Waals surface area contributed by atoms with Gasteiger partial charge in [-0.2, -0.15) is 5.10 Å². The van der Waals surface area contributed by atoms with Crippen LogP contribution in [0.3, 0.4) is 0 Å². The number of carbonyl (C=O) groups excluding carboxylic acids is 1. The topological polar surface area (TPSA) is 72.7 Å². The second kappa shape index (κ2) is 6.80. The van der Waals surface area contributed by atoms with Gasteiger partial charge in [0, 0.05) is 24.3 Å². The predicted octanol–water partition coefficient (Wildman–Crippen LogP) is 1.36. The van der Waals surface area contributed by atoms with Gasteiger partial charge in [0.25, 0.3) is 0 Å². The molecule has 0 aromatic carbocycles. The number of nitrogens with zero attached hydrogens (tertiary/aromatic N) is 4. The molecule has 2 heterocycles. The van der Waals surface area contributed by atoms with E-state index in [0.29, 0.717) is 19.5 Å². The average molecular weight is 305 g/mol. The molecule has 0 radical (unpaired) electrons. The van der Waals surface area contributed by atoms with E-state index in [1.807, 2.05) is 11.3 Å². The minimum Gasteiger partial charge on any atom is -0.356 e. The van der Waals surface area contributed by atoms with Gasteiger partial charge in [-0.05, 0) is 25.7 Å². The molecule has 3 rings (SSSR count). The van der Waals surface area contributed by atoms with Crippen molar-refractivity contribution in [3.05, 3.63) is 28.2 Å². The van der Waals surface area contributed by atoms with Gasteiger partial charge in [0.15, 0.2) is 0 Å². The number of fused-ring (bicyclic) bond motifs is 1. The second-order valence-electron chi connectivity index (χ2n) is 5.19. The Kier molecular flexibility index (Phi) is 4.59. The molecule has 0 unspecified atom stereocenters. The van der Waals surface area contributed by atoms with Gasteiger partial charge in [-0.15, -0.1) is 11.3 Å². The number of hydrogen-bond donors (Lipinski definition) is 1. The van der Waals surface area contributed by atoms with E-state index in [1.165, 1.54) is 36.2 Å². The average Bonchev–Trinajstić information content (AvgIpc) is 3.14. The lowest BCUT2D eigenvalue weighted by Gasteiger charge is -2.06. The Bertz CT molecular complexity index is 569. The number of carbonyl (C=O) groups is 1. The molecule has 2 aromatic rings. The summed E-state index contributed by atoms with van der Waals surface area (Å²) in [6, 6.07) is 0. The summed E-state index contributed by atoms with van der Waals surface area (Å²) in [4.78, 5) is 21.7. The highest BCUT2D eigenvalue weighted by atomic mass is 32.1. The Morgan fingerprint density at radius 1 is 1.38 bits per heavy atom. The zero-order valence-electron chi connectivity index (χ0n) is 11.9. The molecule has 7 heteroatoms. The monoisotopic (exact) mass is 305 g/mol. The molecule has 1 N–H and O–H groups in total. The third kappa shape index (κ3) is 3.87. The van der Waals surface area contributed by atoms with Crippen LogP contribution < -0.4 is 5.32 Å². The first-order valence-corrected chi connectivity index (χ1v) is 8.19. The molecule has 0 aliphatic heterocycles. The number of aromatic nitrogens is 4. The van der Waals surface area contributed by atoms with Crippen LogP contribution in [0.15, 0.2) is 12.7 Å². The van der Waals surface area contributed by atoms with Crippen LogP contribution >= 0.6 is 11.3 Å². The molecule has 1 aliphatic carbocycles. The fraction of sp³-hybridized carbons (Fsp3) is 0.571. The largest absolute Gasteiger partial charge is 0.356 e. The smallest absolute Gasteiger partial charge is 0.221 e. The highest BCUT2D eigenvalue weighted by Crippen LogP contribution is 2.26. The summed E-state index contributed by atoms with van der Waals surface area (Å²) in [5, 5.41) is 8.06. The Morgan fingerprint density at radius 3 is 3.10 bits per heavy atom. The number of aryl methyl sites for hydroxylation is 3. The molecule has 0 saturated heterocycles. The minimum atomic E-state index is 0.0480. The standard InChI is InChI=1S/C14H19N5OS/c20-13(6-8-19-10-15-9-17-19)16-7-5-14-18-11-3-1-2-4-12(11)21-14/h9-10H,1-8H2,(H,16,20). The molecule has 0 spiro atoms. The van der Waals surface area contributed by atoms with Gasteiger partial charge in [-0.3, -0.25) is 9.48 Å². The van der Waals surface area contributed by atoms with Gasteiger partial charge < -0.3 is 5.32 Å². The first kappa shape index (κ1) is 14.2. The highest BCUT2D eigenvalue weighted by Gasteiger charge is 2.14. The van der Waals surface area contributed by atoms with Crippen molar-refractivity contribution in [1.82, 2.24) is 25.1 Å². The normalized spacial score (nSPS) is 13.9. The van der Waals surface area contributed by atoms with Crippen molar-refractivity contribution < 1.29 is 4.79 Å². The third-order valence-electron chi connectivity index (χ3n) is 3.59. The Morgan fingerprint density at radius 2 is 2.29 bits per heavy atom. The lowest BCUT2D eigenvalue weighted by Crippen LogP contribution is -2.26. The Labute approximate surface area is 127 Å². The van der Waals surface area contributed by atoms with E-state index >= 15 is 0 Å². The van der Waals surface area contributed by atoms with Gasteiger partial charge in [0.2, 0.25) is 5.91 Å². The van der Waals surface area contributed by atoms with Crippen LogP contribution in [0, 0.1) is 0 Å². The van der Waals surface area contributed by atoms with Crippen molar-refractivity contribution in [3.63, 3.8) is 0 Å². The molecule has 112 valence electrons. The third-order valence-corrected chi connectivity index (χ3v) is 4.80. The lowest BCUT2D eigenvalue weighted by molar-refractivity contribution is -0.121. The van der Waals surface area contributed by atoms with Crippen LogP contribution in [0.4, 0.5) is 0 Å². The SMILES string of the molecule is O=C(CCn1cncn1)NCCc1nc2c(s1)CCCC2. The summed E-state index contributed by atoms with van der Waals surface area (Å²) in [5.41, 5.74) is 1.29. The summed E-state index contributed by atoms with van der Waals surface area (Å²) in [6.07, 6.45) is 9.19. The minimum absolute atomic E-state index is 0.0480. The van der Waals surface area contributed by atoms with Crippen LogP contribution in [0.2, 0.25) is 0 Å².